The van der Waals surface area contributed by atoms with E-state index in [4.69, 9.17) is 0 Å². The number of rotatable bonds is 10. The molecule has 0 atom stereocenters. The zero-order valence-corrected chi connectivity index (χ0v) is 11.3. The molecule has 3 nitrogen and oxygen atoms in total. The maximum atomic E-state index is 11.0. The molecule has 0 unspecified atom stereocenters. The Hall–Kier alpha value is -1.25. The van der Waals surface area contributed by atoms with E-state index < -0.39 is 0 Å². The van der Waals surface area contributed by atoms with Crippen molar-refractivity contribution in [3.8, 4) is 0 Å². The first kappa shape index (κ1) is 15.8. The van der Waals surface area contributed by atoms with Gasteiger partial charge in [-0.3, -0.25) is 4.79 Å². The number of carbonyl (C=O) groups excluding carboxylic acids is 1. The predicted octanol–water partition coefficient (Wildman–Crippen LogP) is 2.70. The normalized spacial score (nSPS) is 9.76. The standard InChI is InChI=1S/C14H26N2O/c1-5-13(2)16(4)12-10-8-6-7-9-11-14(17)15-3/h5H,1-2,6-12H2,3-4H3,(H,15,17). The van der Waals surface area contributed by atoms with Gasteiger partial charge in [0, 0.05) is 32.8 Å². The van der Waals surface area contributed by atoms with E-state index in [9.17, 15) is 4.79 Å². The molecule has 0 saturated carbocycles. The molecule has 0 aliphatic carbocycles. The summed E-state index contributed by atoms with van der Waals surface area (Å²) < 4.78 is 0. The van der Waals surface area contributed by atoms with Crippen LogP contribution in [0.5, 0.6) is 0 Å². The minimum atomic E-state index is 0.145. The van der Waals surface area contributed by atoms with Crippen LogP contribution in [-0.4, -0.2) is 31.4 Å². The Morgan fingerprint density at radius 2 is 1.82 bits per heavy atom. The van der Waals surface area contributed by atoms with Crippen LogP contribution in [0.25, 0.3) is 0 Å². The molecule has 1 amide bonds. The molecule has 0 spiro atoms. The molecular weight excluding hydrogens is 212 g/mol. The summed E-state index contributed by atoms with van der Waals surface area (Å²) in [7, 11) is 3.72. The van der Waals surface area contributed by atoms with Crippen LogP contribution in [0.2, 0.25) is 0 Å². The van der Waals surface area contributed by atoms with Gasteiger partial charge in [0.25, 0.3) is 0 Å². The van der Waals surface area contributed by atoms with Crippen LogP contribution in [0.15, 0.2) is 24.9 Å². The SMILES string of the molecule is C=CC(=C)N(C)CCCCCCCC(=O)NC. The smallest absolute Gasteiger partial charge is 0.219 e. The third-order valence-electron chi connectivity index (χ3n) is 2.90. The highest BCUT2D eigenvalue weighted by Gasteiger charge is 1.99. The quantitative estimate of drug-likeness (QED) is 0.469. The number of allylic oxidation sites excluding steroid dienone is 1. The summed E-state index contributed by atoms with van der Waals surface area (Å²) in [6.45, 7) is 8.62. The Labute approximate surface area is 106 Å². The van der Waals surface area contributed by atoms with Crippen LogP contribution in [0, 0.1) is 0 Å². The van der Waals surface area contributed by atoms with Crippen molar-refractivity contribution in [2.45, 2.75) is 38.5 Å². The third kappa shape index (κ3) is 8.55. The molecule has 0 aromatic rings. The van der Waals surface area contributed by atoms with Crippen molar-refractivity contribution < 1.29 is 4.79 Å². The predicted molar refractivity (Wildman–Crippen MR) is 73.7 cm³/mol. The lowest BCUT2D eigenvalue weighted by Crippen LogP contribution is -2.17. The molecule has 17 heavy (non-hydrogen) atoms. The molecule has 0 aliphatic rings. The first-order valence-corrected chi connectivity index (χ1v) is 6.35. The first-order chi connectivity index (χ1) is 8.11. The Bertz CT molecular complexity index is 249. The van der Waals surface area contributed by atoms with Crippen molar-refractivity contribution in [2.75, 3.05) is 20.6 Å². The lowest BCUT2D eigenvalue weighted by atomic mass is 10.1. The highest BCUT2D eigenvalue weighted by molar-refractivity contribution is 5.75. The summed E-state index contributed by atoms with van der Waals surface area (Å²) in [5.74, 6) is 0.145. The van der Waals surface area contributed by atoms with Crippen LogP contribution in [0.4, 0.5) is 0 Å². The average molecular weight is 238 g/mol. The molecule has 98 valence electrons. The number of hydrogen-bond donors (Lipinski definition) is 1. The fourth-order valence-corrected chi connectivity index (χ4v) is 1.59. The van der Waals surface area contributed by atoms with Gasteiger partial charge in [-0.05, 0) is 18.9 Å². The Morgan fingerprint density at radius 3 is 2.41 bits per heavy atom. The summed E-state index contributed by atoms with van der Waals surface area (Å²) in [5.41, 5.74) is 0.976. The second-order valence-corrected chi connectivity index (χ2v) is 4.31. The minimum Gasteiger partial charge on any atom is -0.375 e. The number of nitrogens with zero attached hydrogens (tertiary/aromatic N) is 1. The molecule has 0 radical (unpaired) electrons. The zero-order chi connectivity index (χ0) is 13.1. The molecule has 3 heteroatoms. The summed E-state index contributed by atoms with van der Waals surface area (Å²) in [6, 6.07) is 0. The van der Waals surface area contributed by atoms with E-state index in [-0.39, 0.29) is 5.91 Å². The number of likely N-dealkylation sites (N-methyl/N-ethyl adjacent to an activating group) is 1. The second-order valence-electron chi connectivity index (χ2n) is 4.31. The van der Waals surface area contributed by atoms with E-state index >= 15 is 0 Å². The Kier molecular flexibility index (Phi) is 9.21. The molecule has 0 aromatic carbocycles. The van der Waals surface area contributed by atoms with E-state index in [2.05, 4.69) is 23.4 Å². The van der Waals surface area contributed by atoms with Gasteiger partial charge >= 0.3 is 0 Å². The molecule has 1 N–H and O–H groups in total. The average Bonchev–Trinajstić information content (AvgIpc) is 2.35. The van der Waals surface area contributed by atoms with E-state index in [0.29, 0.717) is 6.42 Å². The van der Waals surface area contributed by atoms with Crippen LogP contribution >= 0.6 is 0 Å². The molecule has 0 saturated heterocycles. The Balaban J connectivity index is 3.32. The number of unbranched alkanes of at least 4 members (excludes halogenated alkanes) is 4. The van der Waals surface area contributed by atoms with Crippen molar-refractivity contribution in [3.63, 3.8) is 0 Å². The van der Waals surface area contributed by atoms with E-state index in [0.717, 1.165) is 25.1 Å². The molecule has 0 aromatic heterocycles. The zero-order valence-electron chi connectivity index (χ0n) is 11.3. The van der Waals surface area contributed by atoms with Gasteiger partial charge in [-0.15, -0.1) is 0 Å². The maximum Gasteiger partial charge on any atom is 0.219 e. The van der Waals surface area contributed by atoms with Crippen LogP contribution < -0.4 is 5.32 Å². The van der Waals surface area contributed by atoms with Crippen molar-refractivity contribution in [3.05, 3.63) is 24.9 Å². The number of nitrogens with one attached hydrogen (secondary N) is 1. The largest absolute Gasteiger partial charge is 0.375 e. The van der Waals surface area contributed by atoms with Crippen molar-refractivity contribution in [1.29, 1.82) is 0 Å². The van der Waals surface area contributed by atoms with Gasteiger partial charge in [0.2, 0.25) is 5.91 Å². The summed E-state index contributed by atoms with van der Waals surface area (Å²) in [6.07, 6.45) is 8.15. The molecule has 0 rings (SSSR count). The van der Waals surface area contributed by atoms with Crippen molar-refractivity contribution in [2.24, 2.45) is 0 Å². The monoisotopic (exact) mass is 238 g/mol. The minimum absolute atomic E-state index is 0.145. The molecular formula is C14H26N2O. The van der Waals surface area contributed by atoms with Crippen molar-refractivity contribution in [1.82, 2.24) is 10.2 Å². The van der Waals surface area contributed by atoms with Gasteiger partial charge in [-0.1, -0.05) is 32.4 Å². The first-order valence-electron chi connectivity index (χ1n) is 6.35. The van der Waals surface area contributed by atoms with Gasteiger partial charge < -0.3 is 10.2 Å². The van der Waals surface area contributed by atoms with E-state index in [1.54, 1.807) is 13.1 Å². The third-order valence-corrected chi connectivity index (χ3v) is 2.90. The van der Waals surface area contributed by atoms with Gasteiger partial charge in [-0.2, -0.15) is 0 Å². The van der Waals surface area contributed by atoms with Gasteiger partial charge in [-0.25, -0.2) is 0 Å². The fraction of sp³-hybridized carbons (Fsp3) is 0.643. The highest BCUT2D eigenvalue weighted by atomic mass is 16.1. The summed E-state index contributed by atoms with van der Waals surface area (Å²) >= 11 is 0. The molecule has 0 aliphatic heterocycles. The highest BCUT2D eigenvalue weighted by Crippen LogP contribution is 2.07. The Morgan fingerprint density at radius 1 is 1.24 bits per heavy atom. The van der Waals surface area contributed by atoms with Crippen molar-refractivity contribution >= 4 is 5.91 Å². The maximum absolute atomic E-state index is 11.0. The number of hydrogen-bond acceptors (Lipinski definition) is 2. The lowest BCUT2D eigenvalue weighted by Gasteiger charge is -2.18. The molecule has 0 heterocycles. The van der Waals surface area contributed by atoms with E-state index in [1.807, 2.05) is 7.05 Å². The van der Waals surface area contributed by atoms with Gasteiger partial charge in [0.1, 0.15) is 0 Å². The molecule has 0 fully saturated rings. The summed E-state index contributed by atoms with van der Waals surface area (Å²) in [4.78, 5) is 13.1. The van der Waals surface area contributed by atoms with Crippen LogP contribution in [-0.2, 0) is 4.79 Å². The fourth-order valence-electron chi connectivity index (χ4n) is 1.59. The number of carbonyl (C=O) groups is 1. The topological polar surface area (TPSA) is 32.3 Å². The second kappa shape index (κ2) is 9.94. The van der Waals surface area contributed by atoms with Gasteiger partial charge in [0.05, 0.1) is 0 Å². The summed E-state index contributed by atoms with van der Waals surface area (Å²) in [5, 5.41) is 2.64. The van der Waals surface area contributed by atoms with Crippen LogP contribution in [0.1, 0.15) is 38.5 Å². The number of amides is 1. The van der Waals surface area contributed by atoms with Crippen LogP contribution in [0.3, 0.4) is 0 Å². The molecule has 0 bridgehead atoms. The lowest BCUT2D eigenvalue weighted by molar-refractivity contribution is -0.120. The van der Waals surface area contributed by atoms with Gasteiger partial charge in [0.15, 0.2) is 0 Å². The van der Waals surface area contributed by atoms with E-state index in [1.165, 1.54) is 19.3 Å².